The summed E-state index contributed by atoms with van der Waals surface area (Å²) >= 11 is 0. The first-order valence-electron chi connectivity index (χ1n) is 6.66. The number of nitrogens with two attached hydrogens (primary N) is 1. The van der Waals surface area contributed by atoms with E-state index in [-0.39, 0.29) is 24.8 Å². The molecule has 1 aliphatic rings. The first-order chi connectivity index (χ1) is 8.46. The zero-order chi connectivity index (χ0) is 13.2. The van der Waals surface area contributed by atoms with Gasteiger partial charge < -0.3 is 5.73 Å². The van der Waals surface area contributed by atoms with Crippen LogP contribution in [0.4, 0.5) is 8.78 Å². The molecule has 0 aliphatic heterocycles. The van der Waals surface area contributed by atoms with Gasteiger partial charge in [0.05, 0.1) is 0 Å². The highest BCUT2D eigenvalue weighted by Crippen LogP contribution is 2.39. The van der Waals surface area contributed by atoms with Crippen molar-refractivity contribution >= 4 is 0 Å². The Hall–Kier alpha value is -0.960. The molecule has 1 fully saturated rings. The molecular weight excluding hydrogens is 232 g/mol. The van der Waals surface area contributed by atoms with E-state index in [9.17, 15) is 8.78 Å². The average Bonchev–Trinajstić information content (AvgIpc) is 2.27. The van der Waals surface area contributed by atoms with Crippen molar-refractivity contribution in [3.63, 3.8) is 0 Å². The minimum Gasteiger partial charge on any atom is -0.324 e. The van der Waals surface area contributed by atoms with Crippen molar-refractivity contribution in [3.8, 4) is 0 Å². The summed E-state index contributed by atoms with van der Waals surface area (Å²) in [6.07, 6.45) is 2.22. The van der Waals surface area contributed by atoms with Gasteiger partial charge in [0, 0.05) is 18.9 Å². The zero-order valence-corrected chi connectivity index (χ0v) is 10.8. The molecule has 0 radical (unpaired) electrons. The number of aryl methyl sites for hydroxylation is 1. The maximum Gasteiger partial charge on any atom is 0.248 e. The predicted octanol–water partition coefficient (Wildman–Crippen LogP) is 4.21. The summed E-state index contributed by atoms with van der Waals surface area (Å²) in [6.45, 7) is 2.02. The van der Waals surface area contributed by atoms with Crippen molar-refractivity contribution in [2.24, 2.45) is 11.7 Å². The molecular formula is C15H21F2N. The molecule has 0 spiro atoms. The maximum atomic E-state index is 13.3. The number of benzene rings is 1. The second kappa shape index (κ2) is 5.35. The third-order valence-corrected chi connectivity index (χ3v) is 3.80. The van der Waals surface area contributed by atoms with E-state index < -0.39 is 5.92 Å². The molecule has 1 aliphatic carbocycles. The normalized spacial score (nSPS) is 24.8. The Morgan fingerprint density at radius 2 is 2.22 bits per heavy atom. The van der Waals surface area contributed by atoms with Crippen molar-refractivity contribution in [3.05, 3.63) is 35.4 Å². The summed E-state index contributed by atoms with van der Waals surface area (Å²) in [7, 11) is 0. The maximum absolute atomic E-state index is 13.3. The topological polar surface area (TPSA) is 26.0 Å². The predicted molar refractivity (Wildman–Crippen MR) is 69.6 cm³/mol. The average molecular weight is 253 g/mol. The van der Waals surface area contributed by atoms with Crippen LogP contribution in [0.15, 0.2) is 24.3 Å². The summed E-state index contributed by atoms with van der Waals surface area (Å²) < 4.78 is 26.7. The largest absolute Gasteiger partial charge is 0.324 e. The molecule has 18 heavy (non-hydrogen) atoms. The molecule has 2 unspecified atom stereocenters. The van der Waals surface area contributed by atoms with E-state index in [1.807, 2.05) is 31.2 Å². The fraction of sp³-hybridized carbons (Fsp3) is 0.600. The summed E-state index contributed by atoms with van der Waals surface area (Å²) in [5.41, 5.74) is 8.36. The van der Waals surface area contributed by atoms with E-state index in [1.165, 1.54) is 0 Å². The van der Waals surface area contributed by atoms with Crippen LogP contribution in [0.2, 0.25) is 0 Å². The van der Waals surface area contributed by atoms with Crippen LogP contribution in [0.3, 0.4) is 0 Å². The van der Waals surface area contributed by atoms with Crippen LogP contribution in [-0.2, 0) is 0 Å². The third kappa shape index (κ3) is 3.52. The van der Waals surface area contributed by atoms with E-state index in [0.29, 0.717) is 12.8 Å². The molecule has 2 N–H and O–H groups in total. The number of alkyl halides is 2. The molecule has 1 aromatic rings. The standard InChI is InChI=1S/C15H21F2N/c1-11-4-2-6-13(8-11)14(18)9-12-5-3-7-15(16,17)10-12/h2,4,6,8,12,14H,3,5,7,9-10,18H2,1H3. The van der Waals surface area contributed by atoms with Gasteiger partial charge >= 0.3 is 0 Å². The van der Waals surface area contributed by atoms with Gasteiger partial charge in [0.2, 0.25) is 5.92 Å². The van der Waals surface area contributed by atoms with Crippen LogP contribution in [0.25, 0.3) is 0 Å². The van der Waals surface area contributed by atoms with Crippen molar-refractivity contribution in [1.82, 2.24) is 0 Å². The number of halogens is 2. The highest BCUT2D eigenvalue weighted by Gasteiger charge is 2.36. The Kier molecular flexibility index (Phi) is 4.00. The van der Waals surface area contributed by atoms with Crippen molar-refractivity contribution in [2.45, 2.75) is 51.0 Å². The zero-order valence-electron chi connectivity index (χ0n) is 10.8. The Morgan fingerprint density at radius 1 is 1.44 bits per heavy atom. The molecule has 100 valence electrons. The molecule has 0 saturated heterocycles. The Balaban J connectivity index is 1.97. The quantitative estimate of drug-likeness (QED) is 0.858. The molecule has 0 aromatic heterocycles. The lowest BCUT2D eigenvalue weighted by Crippen LogP contribution is -2.28. The molecule has 2 atom stereocenters. The van der Waals surface area contributed by atoms with Crippen molar-refractivity contribution < 1.29 is 8.78 Å². The minimum atomic E-state index is -2.48. The fourth-order valence-corrected chi connectivity index (χ4v) is 2.87. The first kappa shape index (κ1) is 13.5. The van der Waals surface area contributed by atoms with Crippen LogP contribution >= 0.6 is 0 Å². The minimum absolute atomic E-state index is 0.00646. The van der Waals surface area contributed by atoms with Gasteiger partial charge in [0.1, 0.15) is 0 Å². The van der Waals surface area contributed by atoms with Gasteiger partial charge in [-0.15, -0.1) is 0 Å². The highest BCUT2D eigenvalue weighted by molar-refractivity contribution is 5.24. The molecule has 1 saturated carbocycles. The molecule has 1 aromatic carbocycles. The summed E-state index contributed by atoms with van der Waals surface area (Å²) in [5, 5.41) is 0. The van der Waals surface area contributed by atoms with Crippen LogP contribution in [0, 0.1) is 12.8 Å². The van der Waals surface area contributed by atoms with Crippen LogP contribution in [-0.4, -0.2) is 5.92 Å². The number of hydrogen-bond acceptors (Lipinski definition) is 1. The molecule has 1 nitrogen and oxygen atoms in total. The summed E-state index contributed by atoms with van der Waals surface area (Å²) in [4.78, 5) is 0. The van der Waals surface area contributed by atoms with Gasteiger partial charge in [0.25, 0.3) is 0 Å². The molecule has 0 amide bonds. The van der Waals surface area contributed by atoms with Gasteiger partial charge in [-0.25, -0.2) is 8.78 Å². The lowest BCUT2D eigenvalue weighted by molar-refractivity contribution is -0.0543. The van der Waals surface area contributed by atoms with Gasteiger partial charge in [0.15, 0.2) is 0 Å². The van der Waals surface area contributed by atoms with E-state index >= 15 is 0 Å². The first-order valence-corrected chi connectivity index (χ1v) is 6.66. The molecule has 0 bridgehead atoms. The monoisotopic (exact) mass is 253 g/mol. The Labute approximate surface area is 107 Å². The Morgan fingerprint density at radius 3 is 2.89 bits per heavy atom. The van der Waals surface area contributed by atoms with E-state index in [4.69, 9.17) is 5.73 Å². The molecule has 3 heteroatoms. The third-order valence-electron chi connectivity index (χ3n) is 3.80. The van der Waals surface area contributed by atoms with Gasteiger partial charge in [-0.05, 0) is 37.7 Å². The van der Waals surface area contributed by atoms with Crippen LogP contribution in [0.5, 0.6) is 0 Å². The summed E-state index contributed by atoms with van der Waals surface area (Å²) in [5.74, 6) is -2.42. The van der Waals surface area contributed by atoms with Crippen molar-refractivity contribution in [1.29, 1.82) is 0 Å². The molecule has 2 rings (SSSR count). The fourth-order valence-electron chi connectivity index (χ4n) is 2.87. The molecule has 0 heterocycles. The van der Waals surface area contributed by atoms with E-state index in [1.54, 1.807) is 0 Å². The van der Waals surface area contributed by atoms with Gasteiger partial charge in [-0.2, -0.15) is 0 Å². The smallest absolute Gasteiger partial charge is 0.248 e. The lowest BCUT2D eigenvalue weighted by Gasteiger charge is -2.30. The second-order valence-corrected chi connectivity index (χ2v) is 5.57. The van der Waals surface area contributed by atoms with Crippen molar-refractivity contribution in [2.75, 3.05) is 0 Å². The highest BCUT2D eigenvalue weighted by atomic mass is 19.3. The van der Waals surface area contributed by atoms with E-state index in [0.717, 1.165) is 17.5 Å². The van der Waals surface area contributed by atoms with Gasteiger partial charge in [-0.3, -0.25) is 0 Å². The van der Waals surface area contributed by atoms with Crippen LogP contribution in [0.1, 0.15) is 49.3 Å². The van der Waals surface area contributed by atoms with E-state index in [2.05, 4.69) is 0 Å². The second-order valence-electron chi connectivity index (χ2n) is 5.57. The van der Waals surface area contributed by atoms with Gasteiger partial charge in [-0.1, -0.05) is 29.8 Å². The van der Waals surface area contributed by atoms with Crippen LogP contribution < -0.4 is 5.73 Å². The Bertz CT molecular complexity index is 403. The number of hydrogen-bond donors (Lipinski definition) is 1. The summed E-state index contributed by atoms with van der Waals surface area (Å²) in [6, 6.07) is 7.90. The SMILES string of the molecule is Cc1cccc(C(N)CC2CCCC(F)(F)C2)c1. The number of rotatable bonds is 3. The lowest BCUT2D eigenvalue weighted by atomic mass is 9.81.